The number of nitrogens with zero attached hydrogens (tertiary/aromatic N) is 3. The van der Waals surface area contributed by atoms with Crippen molar-refractivity contribution in [3.05, 3.63) is 22.6 Å². The Morgan fingerprint density at radius 1 is 1.56 bits per heavy atom. The summed E-state index contributed by atoms with van der Waals surface area (Å²) in [4.78, 5) is 26.0. The highest BCUT2D eigenvalue weighted by atomic mass is 32.2. The molecule has 0 bridgehead atoms. The summed E-state index contributed by atoms with van der Waals surface area (Å²) in [7, 11) is 0. The third kappa shape index (κ3) is 3.69. The van der Waals surface area contributed by atoms with Crippen molar-refractivity contribution in [2.45, 2.75) is 13.0 Å². The van der Waals surface area contributed by atoms with Crippen LogP contribution < -0.4 is 10.9 Å². The molecule has 18 heavy (non-hydrogen) atoms. The third-order valence-electron chi connectivity index (χ3n) is 2.48. The van der Waals surface area contributed by atoms with Crippen LogP contribution in [0.25, 0.3) is 0 Å². The molecular weight excluding hydrogens is 250 g/mol. The number of nitrogens with one attached hydrogen (secondary N) is 2. The molecule has 0 saturated heterocycles. The quantitative estimate of drug-likeness (QED) is 0.745. The molecule has 0 spiro atoms. The molecule has 1 aliphatic heterocycles. The van der Waals surface area contributed by atoms with Crippen LogP contribution in [0.3, 0.4) is 0 Å². The van der Waals surface area contributed by atoms with Gasteiger partial charge in [-0.2, -0.15) is 11.8 Å². The average Bonchev–Trinajstić information content (AvgIpc) is 2.75. The molecule has 0 aliphatic carbocycles. The second-order valence-electron chi connectivity index (χ2n) is 3.84. The van der Waals surface area contributed by atoms with Gasteiger partial charge < -0.3 is 5.32 Å². The molecule has 1 aromatic heterocycles. The van der Waals surface area contributed by atoms with Crippen molar-refractivity contribution in [3.8, 4) is 0 Å². The number of aromatic nitrogens is 2. The molecule has 0 aromatic carbocycles. The van der Waals surface area contributed by atoms with Crippen molar-refractivity contribution in [2.75, 3.05) is 23.4 Å². The second kappa shape index (κ2) is 6.34. The largest absolute Gasteiger partial charge is 0.355 e. The minimum atomic E-state index is -0.146. The minimum absolute atomic E-state index is 0.146. The summed E-state index contributed by atoms with van der Waals surface area (Å²) in [6, 6.07) is 1.62. The molecule has 1 aromatic rings. The van der Waals surface area contributed by atoms with Gasteiger partial charge in [0.15, 0.2) is 0 Å². The molecule has 0 saturated carbocycles. The van der Waals surface area contributed by atoms with Gasteiger partial charge in [0.25, 0.3) is 5.56 Å². The Morgan fingerprint density at radius 2 is 2.44 bits per heavy atom. The fraction of sp³-hybridized carbons (Fsp3) is 0.455. The SMILES string of the molecule is CC1=NC=NC1CSCCNc1nccc(=O)[nH]1. The second-order valence-corrected chi connectivity index (χ2v) is 4.99. The molecule has 0 amide bonds. The Labute approximate surface area is 109 Å². The summed E-state index contributed by atoms with van der Waals surface area (Å²) in [6.45, 7) is 2.75. The lowest BCUT2D eigenvalue weighted by atomic mass is 10.2. The lowest BCUT2D eigenvalue weighted by Crippen LogP contribution is -2.17. The summed E-state index contributed by atoms with van der Waals surface area (Å²) < 4.78 is 0. The number of rotatable bonds is 6. The first-order valence-corrected chi connectivity index (χ1v) is 6.84. The molecule has 0 fully saturated rings. The molecule has 2 N–H and O–H groups in total. The van der Waals surface area contributed by atoms with E-state index in [1.165, 1.54) is 12.3 Å². The Hall–Kier alpha value is -1.63. The number of H-pyrrole nitrogens is 1. The van der Waals surface area contributed by atoms with Gasteiger partial charge in [-0.05, 0) is 6.92 Å². The summed E-state index contributed by atoms with van der Waals surface area (Å²) in [5, 5.41) is 3.07. The Balaban J connectivity index is 1.63. The van der Waals surface area contributed by atoms with Crippen molar-refractivity contribution < 1.29 is 0 Å². The summed E-state index contributed by atoms with van der Waals surface area (Å²) in [5.74, 6) is 2.38. The number of hydrogen-bond donors (Lipinski definition) is 2. The minimum Gasteiger partial charge on any atom is -0.355 e. The van der Waals surface area contributed by atoms with Crippen LogP contribution in [0.15, 0.2) is 27.0 Å². The highest BCUT2D eigenvalue weighted by molar-refractivity contribution is 7.99. The molecule has 1 unspecified atom stereocenters. The number of hydrogen-bond acceptors (Lipinski definition) is 6. The van der Waals surface area contributed by atoms with Gasteiger partial charge in [-0.25, -0.2) is 9.98 Å². The molecule has 2 heterocycles. The number of thioether (sulfide) groups is 1. The molecular formula is C11H15N5OS. The van der Waals surface area contributed by atoms with Gasteiger partial charge in [0.1, 0.15) is 6.34 Å². The smallest absolute Gasteiger partial charge is 0.252 e. The van der Waals surface area contributed by atoms with Gasteiger partial charge >= 0.3 is 0 Å². The summed E-state index contributed by atoms with van der Waals surface area (Å²) in [5.41, 5.74) is 0.928. The van der Waals surface area contributed by atoms with E-state index in [9.17, 15) is 4.79 Å². The van der Waals surface area contributed by atoms with Crippen molar-refractivity contribution in [1.82, 2.24) is 9.97 Å². The van der Waals surface area contributed by atoms with Crippen molar-refractivity contribution in [3.63, 3.8) is 0 Å². The van der Waals surface area contributed by atoms with E-state index < -0.39 is 0 Å². The molecule has 0 radical (unpaired) electrons. The molecule has 1 aliphatic rings. The predicted molar refractivity (Wildman–Crippen MR) is 76.1 cm³/mol. The maximum absolute atomic E-state index is 11.0. The number of anilines is 1. The van der Waals surface area contributed by atoms with E-state index in [0.717, 1.165) is 23.8 Å². The van der Waals surface area contributed by atoms with E-state index in [4.69, 9.17) is 0 Å². The van der Waals surface area contributed by atoms with E-state index in [-0.39, 0.29) is 11.6 Å². The maximum atomic E-state index is 11.0. The standard InChI is InChI=1S/C11H15N5OS/c1-8-9(15-7-14-8)6-18-5-4-13-11-12-3-2-10(17)16-11/h2-3,7,9H,4-6H2,1H3,(H2,12,13,16,17). The normalized spacial score (nSPS) is 17.8. The lowest BCUT2D eigenvalue weighted by molar-refractivity contribution is 1.01. The molecule has 7 heteroatoms. The third-order valence-corrected chi connectivity index (χ3v) is 3.52. The Kier molecular flexibility index (Phi) is 4.52. The topological polar surface area (TPSA) is 82.5 Å². The van der Waals surface area contributed by atoms with Crippen LogP contribution in [0.1, 0.15) is 6.92 Å². The van der Waals surface area contributed by atoms with Gasteiger partial charge in [0, 0.05) is 36.0 Å². The highest BCUT2D eigenvalue weighted by Gasteiger charge is 2.12. The van der Waals surface area contributed by atoms with Crippen LogP contribution >= 0.6 is 11.8 Å². The first-order valence-electron chi connectivity index (χ1n) is 5.68. The van der Waals surface area contributed by atoms with Crippen LogP contribution in [0.2, 0.25) is 0 Å². The van der Waals surface area contributed by atoms with Gasteiger partial charge in [0.2, 0.25) is 5.95 Å². The van der Waals surface area contributed by atoms with Gasteiger partial charge in [-0.15, -0.1) is 0 Å². The van der Waals surface area contributed by atoms with E-state index in [1.54, 1.807) is 18.1 Å². The first kappa shape index (κ1) is 12.8. The Bertz CT molecular complexity index is 510. The van der Waals surface area contributed by atoms with Crippen LogP contribution in [0.5, 0.6) is 0 Å². The van der Waals surface area contributed by atoms with E-state index >= 15 is 0 Å². The van der Waals surface area contributed by atoms with Gasteiger partial charge in [-0.3, -0.25) is 14.8 Å². The zero-order valence-electron chi connectivity index (χ0n) is 10.1. The monoisotopic (exact) mass is 265 g/mol. The average molecular weight is 265 g/mol. The van der Waals surface area contributed by atoms with Crippen LogP contribution in [0, 0.1) is 0 Å². The van der Waals surface area contributed by atoms with Gasteiger partial charge in [0.05, 0.1) is 6.04 Å². The Morgan fingerprint density at radius 3 is 3.17 bits per heavy atom. The van der Waals surface area contributed by atoms with E-state index in [2.05, 4.69) is 25.3 Å². The number of aliphatic imine (C=N–C) groups is 2. The molecule has 1 atom stereocenters. The maximum Gasteiger partial charge on any atom is 0.252 e. The molecule has 6 nitrogen and oxygen atoms in total. The first-order chi connectivity index (χ1) is 8.75. The molecule has 2 rings (SSSR count). The zero-order valence-corrected chi connectivity index (χ0v) is 10.9. The fourth-order valence-electron chi connectivity index (χ4n) is 1.46. The zero-order chi connectivity index (χ0) is 12.8. The van der Waals surface area contributed by atoms with Crippen molar-refractivity contribution >= 4 is 29.8 Å². The van der Waals surface area contributed by atoms with Crippen LogP contribution in [-0.4, -0.2) is 46.1 Å². The van der Waals surface area contributed by atoms with Crippen molar-refractivity contribution in [1.29, 1.82) is 0 Å². The van der Waals surface area contributed by atoms with Gasteiger partial charge in [-0.1, -0.05) is 0 Å². The summed E-state index contributed by atoms with van der Waals surface area (Å²) in [6.07, 6.45) is 3.11. The lowest BCUT2D eigenvalue weighted by Gasteiger charge is -2.08. The predicted octanol–water partition coefficient (Wildman–Crippen LogP) is 0.786. The highest BCUT2D eigenvalue weighted by Crippen LogP contribution is 2.10. The van der Waals surface area contributed by atoms with Crippen LogP contribution in [0.4, 0.5) is 5.95 Å². The van der Waals surface area contributed by atoms with Crippen LogP contribution in [-0.2, 0) is 0 Å². The fourth-order valence-corrected chi connectivity index (χ4v) is 2.42. The number of aromatic amines is 1. The van der Waals surface area contributed by atoms with Crippen molar-refractivity contribution in [2.24, 2.45) is 9.98 Å². The van der Waals surface area contributed by atoms with E-state index in [0.29, 0.717) is 5.95 Å². The molecule has 96 valence electrons. The van der Waals surface area contributed by atoms with E-state index in [1.807, 2.05) is 6.92 Å². The summed E-state index contributed by atoms with van der Waals surface area (Å²) >= 11 is 1.80.